The fraction of sp³-hybridized carbons (Fsp3) is 0.433. The number of urea groups is 1. The topological polar surface area (TPSA) is 85.4 Å². The Kier molecular flexibility index (Phi) is 9.74. The zero-order valence-electron chi connectivity index (χ0n) is 23.0. The van der Waals surface area contributed by atoms with Crippen LogP contribution in [0.4, 0.5) is 9.18 Å². The lowest BCUT2D eigenvalue weighted by Crippen LogP contribution is -2.76. The number of piperazine rings is 1. The van der Waals surface area contributed by atoms with E-state index in [2.05, 4.69) is 11.2 Å². The van der Waals surface area contributed by atoms with E-state index >= 15 is 0 Å². The van der Waals surface area contributed by atoms with Crippen molar-refractivity contribution in [3.8, 4) is 12.3 Å². The van der Waals surface area contributed by atoms with Gasteiger partial charge in [-0.3, -0.25) is 9.59 Å². The largest absolute Gasteiger partial charge is 0.375 e. The molecule has 2 fully saturated rings. The number of terminal acetylenes is 1. The van der Waals surface area contributed by atoms with E-state index in [1.54, 1.807) is 26.9 Å². The maximum Gasteiger partial charge on any atom is 0.334 e. The molecular formula is C30H36FN5O4. The highest BCUT2D eigenvalue weighted by molar-refractivity contribution is 5.91. The molecule has 2 atom stereocenters. The highest BCUT2D eigenvalue weighted by atomic mass is 19.1. The summed E-state index contributed by atoms with van der Waals surface area (Å²) in [5.74, 6) is 1.92. The predicted molar refractivity (Wildman–Crippen MR) is 147 cm³/mol. The van der Waals surface area contributed by atoms with Gasteiger partial charge in [0.15, 0.2) is 0 Å². The summed E-state index contributed by atoms with van der Waals surface area (Å²) in [7, 11) is 0. The van der Waals surface area contributed by atoms with E-state index in [0.29, 0.717) is 18.5 Å². The van der Waals surface area contributed by atoms with Crippen LogP contribution in [-0.2, 0) is 27.5 Å². The van der Waals surface area contributed by atoms with Crippen molar-refractivity contribution in [2.24, 2.45) is 5.92 Å². The molecule has 0 radical (unpaired) electrons. The first-order valence-corrected chi connectivity index (χ1v) is 13.5. The molecule has 2 aliphatic heterocycles. The van der Waals surface area contributed by atoms with Crippen LogP contribution in [0.15, 0.2) is 54.6 Å². The summed E-state index contributed by atoms with van der Waals surface area (Å²) < 4.78 is 19.3. The van der Waals surface area contributed by atoms with Crippen LogP contribution in [0.1, 0.15) is 31.4 Å². The second-order valence-electron chi connectivity index (χ2n) is 10.4. The lowest BCUT2D eigenvalue weighted by atomic mass is 9.97. The summed E-state index contributed by atoms with van der Waals surface area (Å²) in [5.41, 5.74) is 1.62. The van der Waals surface area contributed by atoms with Gasteiger partial charge in [0.1, 0.15) is 18.0 Å². The molecular weight excluding hydrogens is 513 g/mol. The molecule has 2 unspecified atom stereocenters. The Balaban J connectivity index is 1.53. The molecule has 0 aliphatic carbocycles. The lowest BCUT2D eigenvalue weighted by Gasteiger charge is -2.55. The van der Waals surface area contributed by atoms with Gasteiger partial charge in [-0.05, 0) is 35.6 Å². The number of benzene rings is 2. The number of carbonyl (C=O) groups is 3. The van der Waals surface area contributed by atoms with Crippen LogP contribution in [0.3, 0.4) is 0 Å². The van der Waals surface area contributed by atoms with E-state index in [1.165, 1.54) is 17.1 Å². The third-order valence-corrected chi connectivity index (χ3v) is 6.96. The van der Waals surface area contributed by atoms with Crippen LogP contribution < -0.4 is 5.32 Å². The number of hydrazine groups is 1. The van der Waals surface area contributed by atoms with Gasteiger partial charge in [-0.25, -0.2) is 14.2 Å². The number of hydrogen-bond donors (Lipinski definition) is 1. The minimum absolute atomic E-state index is 0.0639. The van der Waals surface area contributed by atoms with Crippen molar-refractivity contribution in [1.82, 2.24) is 25.1 Å². The summed E-state index contributed by atoms with van der Waals surface area (Å²) >= 11 is 0. The number of halogens is 1. The van der Waals surface area contributed by atoms with Crippen molar-refractivity contribution in [2.45, 2.75) is 45.6 Å². The maximum atomic E-state index is 13.6. The number of nitrogens with zero attached hydrogens (tertiary/aromatic N) is 4. The SMILES string of the molecule is C#CCN1CC(=O)N2C(CC(C)C)C(=O)N(CCOCc3cccc(F)c3)CC2N1C(=O)NCc1ccccc1. The Bertz CT molecular complexity index is 1230. The van der Waals surface area contributed by atoms with E-state index in [4.69, 9.17) is 11.2 Å². The van der Waals surface area contributed by atoms with Crippen molar-refractivity contribution in [1.29, 1.82) is 0 Å². The molecule has 2 aromatic rings. The Morgan fingerprint density at radius 3 is 2.60 bits per heavy atom. The van der Waals surface area contributed by atoms with Gasteiger partial charge >= 0.3 is 6.03 Å². The van der Waals surface area contributed by atoms with E-state index in [0.717, 1.165) is 5.56 Å². The van der Waals surface area contributed by atoms with Gasteiger partial charge in [0, 0.05) is 13.1 Å². The van der Waals surface area contributed by atoms with Gasteiger partial charge < -0.3 is 19.9 Å². The lowest BCUT2D eigenvalue weighted by molar-refractivity contribution is -0.190. The standard InChI is InChI=1S/C30H36FN5O4/c1-4-13-34-20-28(37)35-26(16-22(2)3)29(38)33(14-15-40-21-24-11-8-12-25(31)17-24)19-27(35)36(34)30(39)32-18-23-9-6-5-7-10-23/h1,5-12,17,22,26-27H,13-16,18-21H2,2-3H3,(H,32,39). The van der Waals surface area contributed by atoms with Crippen molar-refractivity contribution < 1.29 is 23.5 Å². The fourth-order valence-electron chi connectivity index (χ4n) is 5.16. The van der Waals surface area contributed by atoms with Crippen LogP contribution in [0.5, 0.6) is 0 Å². The molecule has 212 valence electrons. The van der Waals surface area contributed by atoms with E-state index in [-0.39, 0.29) is 62.9 Å². The third kappa shape index (κ3) is 6.97. The molecule has 2 saturated heterocycles. The number of carbonyl (C=O) groups excluding carboxylic acids is 3. The highest BCUT2D eigenvalue weighted by Crippen LogP contribution is 2.29. The van der Waals surface area contributed by atoms with Gasteiger partial charge in [-0.2, -0.15) is 5.01 Å². The first-order valence-electron chi connectivity index (χ1n) is 13.5. The minimum Gasteiger partial charge on any atom is -0.375 e. The number of amides is 4. The molecule has 9 nitrogen and oxygen atoms in total. The summed E-state index contributed by atoms with van der Waals surface area (Å²) in [6, 6.07) is 14.6. The maximum absolute atomic E-state index is 13.6. The minimum atomic E-state index is -0.727. The molecule has 4 rings (SSSR count). The van der Waals surface area contributed by atoms with E-state index < -0.39 is 18.2 Å². The van der Waals surface area contributed by atoms with Gasteiger partial charge in [0.05, 0.1) is 32.8 Å². The van der Waals surface area contributed by atoms with Gasteiger partial charge in [0.2, 0.25) is 11.8 Å². The second kappa shape index (κ2) is 13.4. The van der Waals surface area contributed by atoms with E-state index in [1.807, 2.05) is 44.2 Å². The molecule has 0 saturated carbocycles. The highest BCUT2D eigenvalue weighted by Gasteiger charge is 2.51. The molecule has 2 heterocycles. The van der Waals surface area contributed by atoms with Crippen LogP contribution in [0, 0.1) is 24.1 Å². The van der Waals surface area contributed by atoms with E-state index in [9.17, 15) is 18.8 Å². The first-order chi connectivity index (χ1) is 19.3. The van der Waals surface area contributed by atoms with Crippen LogP contribution in [0.2, 0.25) is 0 Å². The number of fused-ring (bicyclic) bond motifs is 1. The Morgan fingerprint density at radius 1 is 1.15 bits per heavy atom. The molecule has 0 aromatic heterocycles. The normalized spacial score (nSPS) is 19.5. The summed E-state index contributed by atoms with van der Waals surface area (Å²) in [4.78, 5) is 43.8. The molecule has 0 bridgehead atoms. The monoisotopic (exact) mass is 549 g/mol. The number of rotatable bonds is 10. The predicted octanol–water partition coefficient (Wildman–Crippen LogP) is 2.83. The van der Waals surface area contributed by atoms with Gasteiger partial charge in [-0.15, -0.1) is 6.42 Å². The Hall–Kier alpha value is -3.94. The van der Waals surface area contributed by atoms with Gasteiger partial charge in [0.25, 0.3) is 0 Å². The summed E-state index contributed by atoms with van der Waals surface area (Å²) in [6.07, 6.45) is 5.33. The van der Waals surface area contributed by atoms with Crippen molar-refractivity contribution in [3.05, 3.63) is 71.5 Å². The molecule has 2 aromatic carbocycles. The zero-order valence-corrected chi connectivity index (χ0v) is 23.0. The van der Waals surface area contributed by atoms with Crippen molar-refractivity contribution >= 4 is 17.8 Å². The molecule has 2 aliphatic rings. The average Bonchev–Trinajstić information content (AvgIpc) is 2.92. The van der Waals surface area contributed by atoms with Crippen LogP contribution in [0.25, 0.3) is 0 Å². The average molecular weight is 550 g/mol. The molecule has 1 N–H and O–H groups in total. The van der Waals surface area contributed by atoms with Gasteiger partial charge in [-0.1, -0.05) is 62.2 Å². The Labute approximate surface area is 234 Å². The smallest absolute Gasteiger partial charge is 0.334 e. The molecule has 10 heteroatoms. The number of ether oxygens (including phenoxy) is 1. The first kappa shape index (κ1) is 29.1. The quantitative estimate of drug-likeness (QED) is 0.364. The third-order valence-electron chi connectivity index (χ3n) is 6.96. The second-order valence-corrected chi connectivity index (χ2v) is 10.4. The fourth-order valence-corrected chi connectivity index (χ4v) is 5.16. The molecule has 40 heavy (non-hydrogen) atoms. The van der Waals surface area contributed by atoms with Crippen molar-refractivity contribution in [3.63, 3.8) is 0 Å². The molecule has 0 spiro atoms. The number of hydrogen-bond acceptors (Lipinski definition) is 5. The summed E-state index contributed by atoms with van der Waals surface area (Å²) in [5, 5.41) is 5.99. The van der Waals surface area contributed by atoms with Crippen molar-refractivity contribution in [2.75, 3.05) is 32.8 Å². The zero-order chi connectivity index (χ0) is 28.6. The van der Waals surface area contributed by atoms with Crippen LogP contribution >= 0.6 is 0 Å². The number of nitrogens with one attached hydrogen (secondary N) is 1. The molecule has 4 amide bonds. The Morgan fingerprint density at radius 2 is 1.90 bits per heavy atom. The summed E-state index contributed by atoms with van der Waals surface area (Å²) in [6.45, 7) is 5.04. The van der Waals surface area contributed by atoms with Crippen LogP contribution in [-0.4, -0.2) is 82.7 Å².